The molecule has 0 fully saturated rings. The summed E-state index contributed by atoms with van der Waals surface area (Å²) in [4.78, 5) is 42.6. The van der Waals surface area contributed by atoms with Crippen molar-refractivity contribution in [3.05, 3.63) is 36.5 Å². The summed E-state index contributed by atoms with van der Waals surface area (Å²) in [6.07, 6.45) is 38.8. The largest absolute Gasteiger partial charge is 0.469 e. The zero-order valence-corrected chi connectivity index (χ0v) is 30.8. The molecule has 0 aromatic heterocycles. The number of carbonyl (C=O) groups is 2. The minimum atomic E-state index is -4.76. The van der Waals surface area contributed by atoms with E-state index in [4.69, 9.17) is 19.3 Å². The molecule has 0 amide bonds. The molecule has 0 saturated heterocycles. The molecule has 8 nitrogen and oxygen atoms in total. The monoisotopic (exact) mass is 684 g/mol. The van der Waals surface area contributed by atoms with Gasteiger partial charge in [0.15, 0.2) is 6.10 Å². The normalized spacial score (nSPS) is 12.9. The van der Waals surface area contributed by atoms with Crippen LogP contribution in [0.2, 0.25) is 0 Å². The number of hydrogen-bond acceptors (Lipinski definition) is 6. The Bertz CT molecular complexity index is 864. The van der Waals surface area contributed by atoms with Gasteiger partial charge >= 0.3 is 19.8 Å². The minimum Gasteiger partial charge on any atom is -0.462 e. The van der Waals surface area contributed by atoms with Gasteiger partial charge < -0.3 is 19.3 Å². The number of carbonyl (C=O) groups excluding carboxylic acids is 2. The Morgan fingerprint density at radius 1 is 0.553 bits per heavy atom. The molecule has 0 aromatic carbocycles. The highest BCUT2D eigenvalue weighted by Crippen LogP contribution is 2.35. The van der Waals surface area contributed by atoms with Gasteiger partial charge in [-0.1, -0.05) is 140 Å². The zero-order chi connectivity index (χ0) is 34.7. The third-order valence-corrected chi connectivity index (χ3v) is 8.38. The number of phosphoric acid groups is 1. The summed E-state index contributed by atoms with van der Waals surface area (Å²) in [6, 6.07) is 0. The van der Waals surface area contributed by atoms with E-state index in [9.17, 15) is 14.2 Å². The molecule has 0 bridgehead atoms. The summed E-state index contributed by atoms with van der Waals surface area (Å²) in [7, 11) is -4.76. The van der Waals surface area contributed by atoms with Gasteiger partial charge in [0, 0.05) is 12.8 Å². The van der Waals surface area contributed by atoms with Crippen LogP contribution in [0.25, 0.3) is 0 Å². The third kappa shape index (κ3) is 36.9. The van der Waals surface area contributed by atoms with E-state index in [1.54, 1.807) is 0 Å². The maximum absolute atomic E-state index is 12.3. The van der Waals surface area contributed by atoms with Gasteiger partial charge in [-0.25, -0.2) is 4.57 Å². The topological polar surface area (TPSA) is 119 Å². The van der Waals surface area contributed by atoms with Crippen molar-refractivity contribution in [2.24, 2.45) is 0 Å². The Kier molecular flexibility index (Phi) is 32.9. The molecule has 1 atom stereocenters. The molecular weight excluding hydrogens is 615 g/mol. The molecule has 2 N–H and O–H groups in total. The van der Waals surface area contributed by atoms with Crippen LogP contribution in [-0.4, -0.2) is 41.0 Å². The molecule has 0 rings (SSSR count). The standard InChI is InChI=1S/C38H69O8P/c1-3-5-7-9-11-13-15-17-18-19-21-22-24-26-28-30-32-37(39)44-34-36(35-45-47(41,42)43)46-38(40)33-31-29-27-25-23-20-16-14-12-10-8-6-4-2/h18-20,23,27,29,36H,3-17,21-22,24-26,28,30-35H2,1-2H3,(H2,41,42,43)/b19-18+,23-20+,29-27+. The Hall–Kier alpha value is -1.73. The average Bonchev–Trinajstić information content (AvgIpc) is 3.03. The van der Waals surface area contributed by atoms with Crippen LogP contribution in [0.15, 0.2) is 36.5 Å². The molecule has 0 aliphatic heterocycles. The van der Waals surface area contributed by atoms with E-state index in [0.717, 1.165) is 44.9 Å². The van der Waals surface area contributed by atoms with Crippen molar-refractivity contribution in [3.63, 3.8) is 0 Å². The summed E-state index contributed by atoms with van der Waals surface area (Å²) in [5, 5.41) is 0. The average molecular weight is 685 g/mol. The fourth-order valence-corrected chi connectivity index (χ4v) is 5.43. The van der Waals surface area contributed by atoms with Crippen molar-refractivity contribution < 1.29 is 37.9 Å². The molecule has 0 spiro atoms. The molecule has 47 heavy (non-hydrogen) atoms. The van der Waals surface area contributed by atoms with Gasteiger partial charge in [0.25, 0.3) is 0 Å². The molecule has 0 saturated carbocycles. The number of phosphoric ester groups is 1. The van der Waals surface area contributed by atoms with Crippen LogP contribution in [0.3, 0.4) is 0 Å². The molecule has 1 unspecified atom stereocenters. The lowest BCUT2D eigenvalue weighted by atomic mass is 10.1. The lowest BCUT2D eigenvalue weighted by Gasteiger charge is -2.18. The summed E-state index contributed by atoms with van der Waals surface area (Å²) >= 11 is 0. The predicted octanol–water partition coefficient (Wildman–Crippen LogP) is 11.0. The van der Waals surface area contributed by atoms with E-state index < -0.39 is 32.5 Å². The van der Waals surface area contributed by atoms with Gasteiger partial charge in [-0.05, 0) is 57.8 Å². The first kappa shape index (κ1) is 45.3. The smallest absolute Gasteiger partial charge is 0.462 e. The number of hydrogen-bond donors (Lipinski definition) is 2. The maximum Gasteiger partial charge on any atom is 0.469 e. The van der Waals surface area contributed by atoms with Crippen molar-refractivity contribution in [1.29, 1.82) is 0 Å². The lowest BCUT2D eigenvalue weighted by Crippen LogP contribution is -2.29. The first-order chi connectivity index (χ1) is 22.8. The second-order valence-electron chi connectivity index (χ2n) is 12.5. The maximum atomic E-state index is 12.3. The van der Waals surface area contributed by atoms with E-state index in [1.807, 2.05) is 12.2 Å². The SMILES string of the molecule is CCCCCCCC/C=C/C/C=C/CCC(=O)OC(COC(=O)CCCCCCC/C=C/CCCCCCCCC)COP(=O)(O)O. The Morgan fingerprint density at radius 3 is 1.51 bits per heavy atom. The molecule has 274 valence electrons. The summed E-state index contributed by atoms with van der Waals surface area (Å²) in [5.74, 6) is -0.973. The quantitative estimate of drug-likeness (QED) is 0.0297. The molecule has 0 heterocycles. The molecular formula is C38H69O8P. The third-order valence-electron chi connectivity index (χ3n) is 7.89. The van der Waals surface area contributed by atoms with Crippen LogP contribution in [0.4, 0.5) is 0 Å². The molecule has 9 heteroatoms. The van der Waals surface area contributed by atoms with Gasteiger partial charge in [0.2, 0.25) is 0 Å². The van der Waals surface area contributed by atoms with Crippen LogP contribution in [0.1, 0.15) is 174 Å². The summed E-state index contributed by atoms with van der Waals surface area (Å²) in [6.45, 7) is 3.60. The van der Waals surface area contributed by atoms with Crippen LogP contribution >= 0.6 is 7.82 Å². The van der Waals surface area contributed by atoms with Crippen molar-refractivity contribution >= 4 is 19.8 Å². The Morgan fingerprint density at radius 2 is 1.00 bits per heavy atom. The summed E-state index contributed by atoms with van der Waals surface area (Å²) < 4.78 is 26.2. The number of rotatable bonds is 34. The van der Waals surface area contributed by atoms with Crippen LogP contribution < -0.4 is 0 Å². The fourth-order valence-electron chi connectivity index (χ4n) is 5.07. The Labute approximate surface area is 287 Å². The van der Waals surface area contributed by atoms with Crippen molar-refractivity contribution in [2.75, 3.05) is 13.2 Å². The van der Waals surface area contributed by atoms with E-state index in [1.165, 1.54) is 89.9 Å². The Balaban J connectivity index is 4.04. The van der Waals surface area contributed by atoms with E-state index >= 15 is 0 Å². The van der Waals surface area contributed by atoms with Crippen molar-refractivity contribution in [3.8, 4) is 0 Å². The van der Waals surface area contributed by atoms with E-state index in [2.05, 4.69) is 42.7 Å². The highest BCUT2D eigenvalue weighted by molar-refractivity contribution is 7.46. The van der Waals surface area contributed by atoms with Crippen LogP contribution in [-0.2, 0) is 28.2 Å². The molecule has 0 aromatic rings. The number of ether oxygens (including phenoxy) is 2. The van der Waals surface area contributed by atoms with E-state index in [-0.39, 0.29) is 19.4 Å². The molecule has 0 radical (unpaired) electrons. The van der Waals surface area contributed by atoms with Gasteiger partial charge in [0.05, 0.1) is 6.61 Å². The lowest BCUT2D eigenvalue weighted by molar-refractivity contribution is -0.161. The predicted molar refractivity (Wildman–Crippen MR) is 193 cm³/mol. The van der Waals surface area contributed by atoms with Crippen molar-refractivity contribution in [1.82, 2.24) is 0 Å². The number of esters is 2. The highest BCUT2D eigenvalue weighted by Gasteiger charge is 2.22. The number of allylic oxidation sites excluding steroid dienone is 6. The minimum absolute atomic E-state index is 0.104. The fraction of sp³-hybridized carbons (Fsp3) is 0.789. The van der Waals surface area contributed by atoms with Crippen LogP contribution in [0, 0.1) is 0 Å². The zero-order valence-electron chi connectivity index (χ0n) is 29.9. The van der Waals surface area contributed by atoms with Gasteiger partial charge in [-0.15, -0.1) is 0 Å². The highest BCUT2D eigenvalue weighted by atomic mass is 31.2. The van der Waals surface area contributed by atoms with Crippen molar-refractivity contribution in [2.45, 2.75) is 180 Å². The second kappa shape index (κ2) is 34.1. The molecule has 0 aliphatic rings. The van der Waals surface area contributed by atoms with Crippen LogP contribution in [0.5, 0.6) is 0 Å². The van der Waals surface area contributed by atoms with Gasteiger partial charge in [-0.2, -0.15) is 0 Å². The first-order valence-electron chi connectivity index (χ1n) is 18.8. The molecule has 0 aliphatic carbocycles. The van der Waals surface area contributed by atoms with Gasteiger partial charge in [-0.3, -0.25) is 14.1 Å². The van der Waals surface area contributed by atoms with E-state index in [0.29, 0.717) is 12.8 Å². The first-order valence-corrected chi connectivity index (χ1v) is 20.3. The summed E-state index contributed by atoms with van der Waals surface area (Å²) in [5.41, 5.74) is 0. The second-order valence-corrected chi connectivity index (χ2v) is 13.8. The number of unbranched alkanes of at least 4 members (excludes halogenated alkanes) is 18. The van der Waals surface area contributed by atoms with Gasteiger partial charge in [0.1, 0.15) is 6.61 Å².